The molecule has 0 spiro atoms. The standard InChI is InChI=1S/C12H15N3O2/c16-11(9-15-8-4-7-12(15)17)14-13-10-5-2-1-3-6-10/h1-3,5-6,13H,4,7-9H2,(H,14,16). The van der Waals surface area contributed by atoms with Crippen molar-refractivity contribution in [2.45, 2.75) is 12.8 Å². The second-order valence-corrected chi connectivity index (χ2v) is 3.96. The number of hydrogen-bond donors (Lipinski definition) is 2. The first-order chi connectivity index (χ1) is 8.25. The summed E-state index contributed by atoms with van der Waals surface area (Å²) in [5.74, 6) is -0.149. The van der Waals surface area contributed by atoms with Crippen molar-refractivity contribution in [2.24, 2.45) is 0 Å². The monoisotopic (exact) mass is 233 g/mol. The van der Waals surface area contributed by atoms with Crippen LogP contribution >= 0.6 is 0 Å². The van der Waals surface area contributed by atoms with Crippen molar-refractivity contribution in [1.29, 1.82) is 0 Å². The van der Waals surface area contributed by atoms with Gasteiger partial charge < -0.3 is 4.90 Å². The number of nitrogens with zero attached hydrogens (tertiary/aromatic N) is 1. The van der Waals surface area contributed by atoms with E-state index in [1.54, 1.807) is 4.90 Å². The number of likely N-dealkylation sites (tertiary alicyclic amines) is 1. The van der Waals surface area contributed by atoms with Gasteiger partial charge in [-0.25, -0.2) is 0 Å². The average Bonchev–Trinajstić information content (AvgIpc) is 2.74. The molecule has 0 radical (unpaired) electrons. The highest BCUT2D eigenvalue weighted by Gasteiger charge is 2.21. The van der Waals surface area contributed by atoms with Gasteiger partial charge in [0, 0.05) is 13.0 Å². The maximum atomic E-state index is 11.6. The van der Waals surface area contributed by atoms with Crippen LogP contribution in [0.15, 0.2) is 30.3 Å². The largest absolute Gasteiger partial charge is 0.333 e. The zero-order valence-electron chi connectivity index (χ0n) is 9.48. The van der Waals surface area contributed by atoms with Crippen LogP contribution in [0.1, 0.15) is 12.8 Å². The number of carbonyl (C=O) groups is 2. The summed E-state index contributed by atoms with van der Waals surface area (Å²) in [5.41, 5.74) is 6.17. The first-order valence-corrected chi connectivity index (χ1v) is 5.63. The van der Waals surface area contributed by atoms with Gasteiger partial charge in [-0.2, -0.15) is 0 Å². The molecule has 0 atom stereocenters. The SMILES string of the molecule is O=C(CN1CCCC1=O)NNc1ccccc1. The summed E-state index contributed by atoms with van der Waals surface area (Å²) in [6, 6.07) is 9.34. The summed E-state index contributed by atoms with van der Waals surface area (Å²) in [5, 5.41) is 0. The molecule has 90 valence electrons. The number of hydrazine groups is 1. The first-order valence-electron chi connectivity index (χ1n) is 5.63. The predicted molar refractivity (Wildman–Crippen MR) is 64.0 cm³/mol. The third-order valence-corrected chi connectivity index (χ3v) is 2.63. The Morgan fingerprint density at radius 3 is 2.71 bits per heavy atom. The number of amides is 2. The Bertz CT molecular complexity index is 405. The van der Waals surface area contributed by atoms with Crippen LogP contribution in [0.25, 0.3) is 0 Å². The van der Waals surface area contributed by atoms with Gasteiger partial charge in [0.2, 0.25) is 5.91 Å². The molecule has 2 amide bonds. The fourth-order valence-corrected chi connectivity index (χ4v) is 1.75. The minimum atomic E-state index is -0.205. The number of benzene rings is 1. The Morgan fingerprint density at radius 1 is 1.29 bits per heavy atom. The molecule has 1 aliphatic rings. The van der Waals surface area contributed by atoms with E-state index >= 15 is 0 Å². The van der Waals surface area contributed by atoms with Crippen molar-refractivity contribution in [2.75, 3.05) is 18.5 Å². The molecular formula is C12H15N3O2. The lowest BCUT2D eigenvalue weighted by Crippen LogP contribution is -2.40. The smallest absolute Gasteiger partial charge is 0.257 e. The molecule has 1 aromatic carbocycles. The van der Waals surface area contributed by atoms with E-state index in [4.69, 9.17) is 0 Å². The number of para-hydroxylation sites is 1. The number of nitrogens with one attached hydrogen (secondary N) is 2. The van der Waals surface area contributed by atoms with Gasteiger partial charge in [-0.15, -0.1) is 0 Å². The molecule has 1 aliphatic heterocycles. The molecule has 0 aliphatic carbocycles. The van der Waals surface area contributed by atoms with Crippen LogP contribution in [0.5, 0.6) is 0 Å². The summed E-state index contributed by atoms with van der Waals surface area (Å²) in [7, 11) is 0. The lowest BCUT2D eigenvalue weighted by molar-refractivity contribution is -0.132. The highest BCUT2D eigenvalue weighted by atomic mass is 16.2. The lowest BCUT2D eigenvalue weighted by atomic mass is 10.3. The van der Waals surface area contributed by atoms with Gasteiger partial charge in [-0.05, 0) is 18.6 Å². The van der Waals surface area contributed by atoms with Crippen molar-refractivity contribution in [3.05, 3.63) is 30.3 Å². The maximum absolute atomic E-state index is 11.6. The van der Waals surface area contributed by atoms with E-state index in [2.05, 4.69) is 10.9 Å². The van der Waals surface area contributed by atoms with Crippen LogP contribution in [0.2, 0.25) is 0 Å². The van der Waals surface area contributed by atoms with Crippen molar-refractivity contribution in [3.8, 4) is 0 Å². The third kappa shape index (κ3) is 3.21. The fourth-order valence-electron chi connectivity index (χ4n) is 1.75. The van der Waals surface area contributed by atoms with E-state index in [1.807, 2.05) is 30.3 Å². The molecule has 0 bridgehead atoms. The van der Waals surface area contributed by atoms with Crippen LogP contribution in [0.4, 0.5) is 5.69 Å². The Balaban J connectivity index is 1.76. The summed E-state index contributed by atoms with van der Waals surface area (Å²) in [6.45, 7) is 0.802. The van der Waals surface area contributed by atoms with E-state index in [1.165, 1.54) is 0 Å². The molecule has 1 aromatic rings. The minimum Gasteiger partial charge on any atom is -0.333 e. The van der Waals surface area contributed by atoms with Gasteiger partial charge in [0.05, 0.1) is 5.69 Å². The maximum Gasteiger partial charge on any atom is 0.257 e. The number of anilines is 1. The summed E-state index contributed by atoms with van der Waals surface area (Å²) >= 11 is 0. The summed E-state index contributed by atoms with van der Waals surface area (Å²) in [6.07, 6.45) is 1.40. The van der Waals surface area contributed by atoms with Crippen LogP contribution in [-0.2, 0) is 9.59 Å². The average molecular weight is 233 g/mol. The lowest BCUT2D eigenvalue weighted by Gasteiger charge is -2.15. The zero-order chi connectivity index (χ0) is 12.1. The Hall–Kier alpha value is -2.04. The molecule has 1 fully saturated rings. The third-order valence-electron chi connectivity index (χ3n) is 2.63. The molecule has 2 N–H and O–H groups in total. The van der Waals surface area contributed by atoms with Crippen molar-refractivity contribution >= 4 is 17.5 Å². The molecule has 1 heterocycles. The van der Waals surface area contributed by atoms with Crippen LogP contribution in [0.3, 0.4) is 0 Å². The van der Waals surface area contributed by atoms with Gasteiger partial charge in [-0.1, -0.05) is 18.2 Å². The number of hydrogen-bond acceptors (Lipinski definition) is 3. The van der Waals surface area contributed by atoms with Crippen molar-refractivity contribution in [3.63, 3.8) is 0 Å². The van der Waals surface area contributed by atoms with E-state index in [0.717, 1.165) is 12.1 Å². The Kier molecular flexibility index (Phi) is 3.59. The molecule has 0 aromatic heterocycles. The highest BCUT2D eigenvalue weighted by molar-refractivity contribution is 5.86. The van der Waals surface area contributed by atoms with Crippen LogP contribution in [-0.4, -0.2) is 29.8 Å². The number of carbonyl (C=O) groups excluding carboxylic acids is 2. The molecule has 0 saturated carbocycles. The Morgan fingerprint density at radius 2 is 2.06 bits per heavy atom. The summed E-state index contributed by atoms with van der Waals surface area (Å²) < 4.78 is 0. The van der Waals surface area contributed by atoms with E-state index < -0.39 is 0 Å². The quantitative estimate of drug-likeness (QED) is 0.754. The molecular weight excluding hydrogens is 218 g/mol. The zero-order valence-corrected chi connectivity index (χ0v) is 9.48. The normalized spacial score (nSPS) is 14.8. The molecule has 2 rings (SSSR count). The van der Waals surface area contributed by atoms with E-state index in [-0.39, 0.29) is 18.4 Å². The number of rotatable bonds is 4. The van der Waals surface area contributed by atoms with Gasteiger partial charge in [-0.3, -0.25) is 20.4 Å². The van der Waals surface area contributed by atoms with Crippen LogP contribution < -0.4 is 10.9 Å². The van der Waals surface area contributed by atoms with E-state index in [9.17, 15) is 9.59 Å². The molecule has 17 heavy (non-hydrogen) atoms. The fraction of sp³-hybridized carbons (Fsp3) is 0.333. The van der Waals surface area contributed by atoms with Gasteiger partial charge in [0.1, 0.15) is 6.54 Å². The van der Waals surface area contributed by atoms with Crippen molar-refractivity contribution < 1.29 is 9.59 Å². The minimum absolute atomic E-state index is 0.0554. The Labute approximate surface area is 99.8 Å². The second kappa shape index (κ2) is 5.34. The van der Waals surface area contributed by atoms with Crippen LogP contribution in [0, 0.1) is 0 Å². The summed E-state index contributed by atoms with van der Waals surface area (Å²) in [4.78, 5) is 24.4. The highest BCUT2D eigenvalue weighted by Crippen LogP contribution is 2.08. The van der Waals surface area contributed by atoms with Gasteiger partial charge in [0.15, 0.2) is 0 Å². The van der Waals surface area contributed by atoms with Crippen molar-refractivity contribution in [1.82, 2.24) is 10.3 Å². The van der Waals surface area contributed by atoms with Gasteiger partial charge in [0.25, 0.3) is 5.91 Å². The molecule has 5 nitrogen and oxygen atoms in total. The topological polar surface area (TPSA) is 61.4 Å². The first kappa shape index (κ1) is 11.4. The molecule has 1 saturated heterocycles. The second-order valence-electron chi connectivity index (χ2n) is 3.96. The van der Waals surface area contributed by atoms with E-state index in [0.29, 0.717) is 13.0 Å². The molecule has 5 heteroatoms. The predicted octanol–water partition coefficient (Wildman–Crippen LogP) is 0.752. The van der Waals surface area contributed by atoms with Gasteiger partial charge >= 0.3 is 0 Å². The molecule has 0 unspecified atom stereocenters.